The first kappa shape index (κ1) is 14.8. The molecule has 1 heterocycles. The number of rotatable bonds is 4. The Labute approximate surface area is 124 Å². The van der Waals surface area contributed by atoms with E-state index in [-0.39, 0.29) is 17.7 Å². The van der Waals surface area contributed by atoms with Crippen LogP contribution in [0.1, 0.15) is 23.2 Å². The second-order valence-corrected chi connectivity index (χ2v) is 5.32. The van der Waals surface area contributed by atoms with Gasteiger partial charge in [0.15, 0.2) is 0 Å². The molecule has 1 saturated heterocycles. The summed E-state index contributed by atoms with van der Waals surface area (Å²) in [7, 11) is 0. The average molecular weight is 343 g/mol. The second kappa shape index (κ2) is 6.71. The lowest BCUT2D eigenvalue weighted by Crippen LogP contribution is -2.35. The topological polar surface area (TPSA) is 87.7 Å². The van der Waals surface area contributed by atoms with Crippen LogP contribution in [0.5, 0.6) is 0 Å². The maximum atomic E-state index is 11.8. The molecule has 7 heteroatoms. The van der Waals surface area contributed by atoms with Crippen molar-refractivity contribution >= 4 is 33.6 Å². The van der Waals surface area contributed by atoms with E-state index in [4.69, 9.17) is 9.84 Å². The predicted octanol–water partition coefficient (Wildman–Crippen LogP) is 2.45. The summed E-state index contributed by atoms with van der Waals surface area (Å²) in [5.41, 5.74) is 0.525. The summed E-state index contributed by atoms with van der Waals surface area (Å²) < 4.78 is 6.02. The molecule has 1 unspecified atom stereocenters. The van der Waals surface area contributed by atoms with E-state index in [1.54, 1.807) is 6.07 Å². The number of urea groups is 1. The summed E-state index contributed by atoms with van der Waals surface area (Å²) >= 11 is 3.27. The first-order valence-corrected chi connectivity index (χ1v) is 7.05. The number of anilines is 1. The van der Waals surface area contributed by atoms with Gasteiger partial charge in [-0.15, -0.1) is 0 Å². The molecule has 1 fully saturated rings. The van der Waals surface area contributed by atoms with Crippen molar-refractivity contribution in [3.8, 4) is 0 Å². The number of hydrogen-bond acceptors (Lipinski definition) is 3. The molecule has 1 atom stereocenters. The van der Waals surface area contributed by atoms with Crippen molar-refractivity contribution in [3.05, 3.63) is 28.2 Å². The number of nitrogens with one attached hydrogen (secondary N) is 2. The van der Waals surface area contributed by atoms with Gasteiger partial charge in [0, 0.05) is 17.6 Å². The van der Waals surface area contributed by atoms with Crippen LogP contribution in [0.15, 0.2) is 22.7 Å². The Morgan fingerprint density at radius 1 is 1.45 bits per heavy atom. The molecule has 2 amide bonds. The van der Waals surface area contributed by atoms with E-state index in [1.807, 2.05) is 0 Å². The molecular weight excluding hydrogens is 328 g/mol. The van der Waals surface area contributed by atoms with Gasteiger partial charge in [0.2, 0.25) is 0 Å². The molecule has 1 aromatic rings. The maximum Gasteiger partial charge on any atom is 0.335 e. The van der Waals surface area contributed by atoms with E-state index in [0.29, 0.717) is 16.7 Å². The van der Waals surface area contributed by atoms with Crippen LogP contribution >= 0.6 is 15.9 Å². The molecule has 0 bridgehead atoms. The van der Waals surface area contributed by atoms with Crippen molar-refractivity contribution < 1.29 is 19.4 Å². The molecule has 108 valence electrons. The molecule has 1 aliphatic heterocycles. The van der Waals surface area contributed by atoms with E-state index < -0.39 is 5.97 Å². The molecule has 0 radical (unpaired) electrons. The minimum atomic E-state index is -1.04. The van der Waals surface area contributed by atoms with E-state index in [9.17, 15) is 9.59 Å². The number of ether oxygens (including phenoxy) is 1. The van der Waals surface area contributed by atoms with E-state index in [0.717, 1.165) is 19.4 Å². The average Bonchev–Trinajstić information content (AvgIpc) is 2.92. The smallest absolute Gasteiger partial charge is 0.335 e. The van der Waals surface area contributed by atoms with Crippen LogP contribution in [0.4, 0.5) is 10.5 Å². The van der Waals surface area contributed by atoms with Crippen LogP contribution in [0.3, 0.4) is 0 Å². The molecule has 20 heavy (non-hydrogen) atoms. The number of carbonyl (C=O) groups excluding carboxylic acids is 1. The number of aromatic carboxylic acids is 1. The zero-order valence-corrected chi connectivity index (χ0v) is 12.3. The summed E-state index contributed by atoms with van der Waals surface area (Å²) in [4.78, 5) is 22.6. The minimum absolute atomic E-state index is 0.0644. The molecule has 0 aliphatic carbocycles. The summed E-state index contributed by atoms with van der Waals surface area (Å²) in [5.74, 6) is -1.04. The zero-order chi connectivity index (χ0) is 14.5. The highest BCUT2D eigenvalue weighted by Gasteiger charge is 2.16. The molecule has 2 rings (SSSR count). The highest BCUT2D eigenvalue weighted by Crippen LogP contribution is 2.23. The molecule has 0 aromatic heterocycles. The van der Waals surface area contributed by atoms with Crippen molar-refractivity contribution in [2.45, 2.75) is 18.9 Å². The molecule has 0 spiro atoms. The van der Waals surface area contributed by atoms with E-state index >= 15 is 0 Å². The van der Waals surface area contributed by atoms with Crippen molar-refractivity contribution in [1.29, 1.82) is 0 Å². The zero-order valence-electron chi connectivity index (χ0n) is 10.7. The third-order valence-electron chi connectivity index (χ3n) is 2.98. The van der Waals surface area contributed by atoms with Crippen LogP contribution in [0, 0.1) is 0 Å². The minimum Gasteiger partial charge on any atom is -0.478 e. The first-order chi connectivity index (χ1) is 9.56. The SMILES string of the molecule is O=C(NCC1CCCO1)Nc1cc(C(=O)O)ccc1Br. The lowest BCUT2D eigenvalue weighted by atomic mass is 10.2. The lowest BCUT2D eigenvalue weighted by Gasteiger charge is -2.12. The largest absolute Gasteiger partial charge is 0.478 e. The van der Waals surface area contributed by atoms with Gasteiger partial charge in [-0.3, -0.25) is 0 Å². The van der Waals surface area contributed by atoms with Crippen LogP contribution in [-0.2, 0) is 4.74 Å². The number of carboxylic acids is 1. The fourth-order valence-corrected chi connectivity index (χ4v) is 2.28. The Bertz CT molecular complexity index is 515. The number of carbonyl (C=O) groups is 2. The third-order valence-corrected chi connectivity index (χ3v) is 3.67. The van der Waals surface area contributed by atoms with E-state index in [2.05, 4.69) is 26.6 Å². The van der Waals surface area contributed by atoms with Crippen molar-refractivity contribution in [2.24, 2.45) is 0 Å². The van der Waals surface area contributed by atoms with Gasteiger partial charge in [-0.2, -0.15) is 0 Å². The summed E-state index contributed by atoms with van der Waals surface area (Å²) in [6.07, 6.45) is 2.02. The number of hydrogen-bond donors (Lipinski definition) is 3. The van der Waals surface area contributed by atoms with Gasteiger partial charge in [0.25, 0.3) is 0 Å². The van der Waals surface area contributed by atoms with Gasteiger partial charge >= 0.3 is 12.0 Å². The van der Waals surface area contributed by atoms with Crippen molar-refractivity contribution in [2.75, 3.05) is 18.5 Å². The normalized spacial score (nSPS) is 17.8. The van der Waals surface area contributed by atoms with Gasteiger partial charge in [0.1, 0.15) is 0 Å². The third kappa shape index (κ3) is 3.94. The second-order valence-electron chi connectivity index (χ2n) is 4.47. The monoisotopic (exact) mass is 342 g/mol. The highest BCUT2D eigenvalue weighted by atomic mass is 79.9. The summed E-state index contributed by atoms with van der Waals surface area (Å²) in [6.45, 7) is 1.18. The van der Waals surface area contributed by atoms with Crippen LogP contribution in [0.2, 0.25) is 0 Å². The Morgan fingerprint density at radius 2 is 2.25 bits per heavy atom. The molecule has 3 N–H and O–H groups in total. The van der Waals surface area contributed by atoms with Crippen molar-refractivity contribution in [3.63, 3.8) is 0 Å². The molecule has 0 saturated carbocycles. The highest BCUT2D eigenvalue weighted by molar-refractivity contribution is 9.10. The standard InChI is InChI=1S/C13H15BrN2O4/c14-10-4-3-8(12(17)18)6-11(10)16-13(19)15-7-9-2-1-5-20-9/h3-4,6,9H,1-2,5,7H2,(H,17,18)(H2,15,16,19). The quantitative estimate of drug-likeness (QED) is 0.784. The Morgan fingerprint density at radius 3 is 2.90 bits per heavy atom. The molecular formula is C13H15BrN2O4. The Kier molecular flexibility index (Phi) is 4.97. The molecule has 6 nitrogen and oxygen atoms in total. The van der Waals surface area contributed by atoms with Gasteiger partial charge < -0.3 is 20.5 Å². The fourth-order valence-electron chi connectivity index (χ4n) is 1.93. The van der Waals surface area contributed by atoms with Gasteiger partial charge in [-0.05, 0) is 47.0 Å². The fraction of sp³-hybridized carbons (Fsp3) is 0.385. The van der Waals surface area contributed by atoms with Crippen LogP contribution in [0.25, 0.3) is 0 Å². The number of benzene rings is 1. The Hall–Kier alpha value is -1.60. The van der Waals surface area contributed by atoms with E-state index in [1.165, 1.54) is 12.1 Å². The lowest BCUT2D eigenvalue weighted by molar-refractivity contribution is 0.0697. The number of halogens is 1. The van der Waals surface area contributed by atoms with Gasteiger partial charge in [0.05, 0.1) is 17.4 Å². The van der Waals surface area contributed by atoms with Gasteiger partial charge in [-0.25, -0.2) is 9.59 Å². The van der Waals surface area contributed by atoms with Crippen LogP contribution in [-0.4, -0.2) is 36.4 Å². The predicted molar refractivity (Wildman–Crippen MR) is 77.1 cm³/mol. The number of amides is 2. The summed E-state index contributed by atoms with van der Waals surface area (Å²) in [5, 5.41) is 14.2. The van der Waals surface area contributed by atoms with Gasteiger partial charge in [-0.1, -0.05) is 0 Å². The van der Waals surface area contributed by atoms with Crippen LogP contribution < -0.4 is 10.6 Å². The maximum absolute atomic E-state index is 11.8. The Balaban J connectivity index is 1.92. The summed E-state index contributed by atoms with van der Waals surface area (Å²) in [6, 6.07) is 4.06. The molecule has 1 aromatic carbocycles. The first-order valence-electron chi connectivity index (χ1n) is 6.25. The van der Waals surface area contributed by atoms with Crippen molar-refractivity contribution in [1.82, 2.24) is 5.32 Å². The number of carboxylic acid groups (broad SMARTS) is 1. The molecule has 1 aliphatic rings.